The molecule has 5 nitrogen and oxygen atoms in total. The standard InChI is InChI=1S/C23H27FN4O/c1-15(2)27-9-11-28(12-10-27)21-8-7-17(13-16(21)3)25-14-18-22-19(24)5-4-6-20(22)26-23(18)29/h4-8,13-15,18H,9-12H2,1-3H3,(H,26,29). The quantitative estimate of drug-likeness (QED) is 0.794. The number of halogens is 1. The van der Waals surface area contributed by atoms with E-state index in [1.54, 1.807) is 18.3 Å². The van der Waals surface area contributed by atoms with Gasteiger partial charge in [0.05, 0.1) is 5.69 Å². The first-order chi connectivity index (χ1) is 13.9. The predicted molar refractivity (Wildman–Crippen MR) is 116 cm³/mol. The average molecular weight is 394 g/mol. The van der Waals surface area contributed by atoms with E-state index in [0.29, 0.717) is 17.3 Å². The van der Waals surface area contributed by atoms with Crippen LogP contribution < -0.4 is 10.2 Å². The van der Waals surface area contributed by atoms with Gasteiger partial charge in [-0.25, -0.2) is 4.39 Å². The molecule has 0 radical (unpaired) electrons. The lowest BCUT2D eigenvalue weighted by Crippen LogP contribution is -2.49. The number of hydrogen-bond acceptors (Lipinski definition) is 4. The first-order valence-electron chi connectivity index (χ1n) is 10.2. The van der Waals surface area contributed by atoms with Crippen LogP contribution in [0.5, 0.6) is 0 Å². The van der Waals surface area contributed by atoms with Crippen LogP contribution in [0.25, 0.3) is 0 Å². The highest BCUT2D eigenvalue weighted by Crippen LogP contribution is 2.34. The van der Waals surface area contributed by atoms with E-state index in [0.717, 1.165) is 37.4 Å². The Morgan fingerprint density at radius 1 is 1.17 bits per heavy atom. The number of rotatable bonds is 4. The predicted octanol–water partition coefficient (Wildman–Crippen LogP) is 4.10. The molecule has 1 fully saturated rings. The molecule has 0 aromatic heterocycles. The fraction of sp³-hybridized carbons (Fsp3) is 0.391. The number of aliphatic imine (C=N–C) groups is 1. The van der Waals surface area contributed by atoms with Crippen LogP contribution in [-0.4, -0.2) is 49.2 Å². The zero-order valence-corrected chi connectivity index (χ0v) is 17.2. The van der Waals surface area contributed by atoms with Crippen LogP contribution in [0, 0.1) is 12.7 Å². The number of nitrogens with one attached hydrogen (secondary N) is 1. The number of aryl methyl sites for hydroxylation is 1. The summed E-state index contributed by atoms with van der Waals surface area (Å²) in [6.07, 6.45) is 1.54. The van der Waals surface area contributed by atoms with Gasteiger partial charge >= 0.3 is 0 Å². The molecule has 0 bridgehead atoms. The van der Waals surface area contributed by atoms with Crippen molar-refractivity contribution in [3.05, 3.63) is 53.3 Å². The van der Waals surface area contributed by atoms with E-state index in [4.69, 9.17) is 0 Å². The van der Waals surface area contributed by atoms with Gasteiger partial charge in [-0.15, -0.1) is 0 Å². The third-order valence-electron chi connectivity index (χ3n) is 5.84. The van der Waals surface area contributed by atoms with Crippen LogP contribution >= 0.6 is 0 Å². The number of anilines is 2. The highest BCUT2D eigenvalue weighted by atomic mass is 19.1. The lowest BCUT2D eigenvalue weighted by molar-refractivity contribution is -0.115. The molecular weight excluding hydrogens is 367 g/mol. The molecule has 2 heterocycles. The second-order valence-corrected chi connectivity index (χ2v) is 8.03. The summed E-state index contributed by atoms with van der Waals surface area (Å²) in [4.78, 5) is 21.6. The zero-order valence-electron chi connectivity index (χ0n) is 17.2. The third kappa shape index (κ3) is 3.90. The number of fused-ring (bicyclic) bond motifs is 1. The lowest BCUT2D eigenvalue weighted by Gasteiger charge is -2.38. The van der Waals surface area contributed by atoms with Gasteiger partial charge in [0, 0.05) is 55.4 Å². The summed E-state index contributed by atoms with van der Waals surface area (Å²) in [5.74, 6) is -1.33. The molecule has 1 atom stereocenters. The minimum Gasteiger partial charge on any atom is -0.369 e. The van der Waals surface area contributed by atoms with E-state index >= 15 is 0 Å². The monoisotopic (exact) mass is 394 g/mol. The Kier molecular flexibility index (Phi) is 5.37. The van der Waals surface area contributed by atoms with Crippen molar-refractivity contribution in [2.24, 2.45) is 4.99 Å². The van der Waals surface area contributed by atoms with Crippen molar-refractivity contribution in [2.75, 3.05) is 36.4 Å². The number of hydrogen-bond donors (Lipinski definition) is 1. The Morgan fingerprint density at radius 3 is 2.62 bits per heavy atom. The molecule has 2 aromatic rings. The van der Waals surface area contributed by atoms with Gasteiger partial charge in [-0.05, 0) is 56.7 Å². The number of carbonyl (C=O) groups is 1. The van der Waals surface area contributed by atoms with Gasteiger partial charge < -0.3 is 10.2 Å². The zero-order chi connectivity index (χ0) is 20.5. The molecule has 2 aliphatic heterocycles. The van der Waals surface area contributed by atoms with Crippen molar-refractivity contribution in [3.63, 3.8) is 0 Å². The minimum atomic E-state index is -0.699. The first kappa shape index (κ1) is 19.6. The molecule has 0 spiro atoms. The summed E-state index contributed by atoms with van der Waals surface area (Å²) >= 11 is 0. The van der Waals surface area contributed by atoms with E-state index in [1.807, 2.05) is 12.1 Å². The molecule has 1 saturated heterocycles. The van der Waals surface area contributed by atoms with Crippen LogP contribution in [0.4, 0.5) is 21.5 Å². The van der Waals surface area contributed by atoms with Gasteiger partial charge in [0.1, 0.15) is 11.7 Å². The summed E-state index contributed by atoms with van der Waals surface area (Å²) in [7, 11) is 0. The van der Waals surface area contributed by atoms with Gasteiger partial charge in [-0.1, -0.05) is 6.07 Å². The summed E-state index contributed by atoms with van der Waals surface area (Å²) < 4.78 is 14.2. The molecule has 2 aliphatic rings. The van der Waals surface area contributed by atoms with Crippen molar-refractivity contribution in [3.8, 4) is 0 Å². The highest BCUT2D eigenvalue weighted by Gasteiger charge is 2.31. The number of nitrogens with zero attached hydrogens (tertiary/aromatic N) is 3. The van der Waals surface area contributed by atoms with Gasteiger partial charge in [0.2, 0.25) is 5.91 Å². The van der Waals surface area contributed by atoms with Gasteiger partial charge in [-0.2, -0.15) is 0 Å². The molecule has 0 saturated carbocycles. The second-order valence-electron chi connectivity index (χ2n) is 8.03. The SMILES string of the molecule is Cc1cc(N=CC2C(=O)Nc3cccc(F)c32)ccc1N1CCN(C(C)C)CC1. The second kappa shape index (κ2) is 7.95. The highest BCUT2D eigenvalue weighted by molar-refractivity contribution is 6.12. The van der Waals surface area contributed by atoms with E-state index in [-0.39, 0.29) is 11.7 Å². The maximum absolute atomic E-state index is 14.2. The van der Waals surface area contributed by atoms with E-state index < -0.39 is 5.92 Å². The molecule has 1 N–H and O–H groups in total. The molecule has 1 unspecified atom stereocenters. The van der Waals surface area contributed by atoms with Crippen molar-refractivity contribution in [1.29, 1.82) is 0 Å². The third-order valence-corrected chi connectivity index (χ3v) is 5.84. The van der Waals surface area contributed by atoms with Gasteiger partial charge in [0.15, 0.2) is 0 Å². The van der Waals surface area contributed by atoms with Gasteiger partial charge in [-0.3, -0.25) is 14.7 Å². The molecular formula is C23H27FN4O. The first-order valence-corrected chi connectivity index (χ1v) is 10.2. The Hall–Kier alpha value is -2.73. The van der Waals surface area contributed by atoms with Crippen molar-refractivity contribution < 1.29 is 9.18 Å². The van der Waals surface area contributed by atoms with E-state index in [2.05, 4.69) is 46.9 Å². The van der Waals surface area contributed by atoms with Crippen LogP contribution in [0.1, 0.15) is 30.9 Å². The number of benzene rings is 2. The van der Waals surface area contributed by atoms with Crippen LogP contribution in [0.2, 0.25) is 0 Å². The molecule has 29 heavy (non-hydrogen) atoms. The molecule has 152 valence electrons. The summed E-state index contributed by atoms with van der Waals surface area (Å²) in [6, 6.07) is 11.3. The van der Waals surface area contributed by atoms with Crippen LogP contribution in [-0.2, 0) is 4.79 Å². The Balaban J connectivity index is 1.49. The molecule has 4 rings (SSSR count). The minimum absolute atomic E-state index is 0.245. The summed E-state index contributed by atoms with van der Waals surface area (Å²) in [5, 5.41) is 2.72. The Morgan fingerprint density at radius 2 is 1.93 bits per heavy atom. The molecule has 6 heteroatoms. The largest absolute Gasteiger partial charge is 0.369 e. The fourth-order valence-corrected chi connectivity index (χ4v) is 4.16. The van der Waals surface area contributed by atoms with Gasteiger partial charge in [0.25, 0.3) is 0 Å². The van der Waals surface area contributed by atoms with Crippen molar-refractivity contribution in [1.82, 2.24) is 4.90 Å². The van der Waals surface area contributed by atoms with Crippen LogP contribution in [0.3, 0.4) is 0 Å². The maximum Gasteiger partial charge on any atom is 0.237 e. The molecule has 2 aromatic carbocycles. The van der Waals surface area contributed by atoms with Crippen LogP contribution in [0.15, 0.2) is 41.4 Å². The number of amides is 1. The number of carbonyl (C=O) groups excluding carboxylic acids is 1. The number of piperazine rings is 1. The average Bonchev–Trinajstić information content (AvgIpc) is 3.03. The topological polar surface area (TPSA) is 47.9 Å². The van der Waals surface area contributed by atoms with E-state index in [1.165, 1.54) is 11.8 Å². The van der Waals surface area contributed by atoms with Crippen molar-refractivity contribution in [2.45, 2.75) is 32.7 Å². The van der Waals surface area contributed by atoms with Crippen molar-refractivity contribution >= 4 is 29.2 Å². The van der Waals surface area contributed by atoms with E-state index in [9.17, 15) is 9.18 Å². The normalized spacial score (nSPS) is 19.8. The smallest absolute Gasteiger partial charge is 0.237 e. The lowest BCUT2D eigenvalue weighted by atomic mass is 10.0. The fourth-order valence-electron chi connectivity index (χ4n) is 4.16. The Labute approximate surface area is 171 Å². The maximum atomic E-state index is 14.2. The summed E-state index contributed by atoms with van der Waals surface area (Å²) in [6.45, 7) is 10.7. The Bertz CT molecular complexity index is 948. The molecule has 0 aliphatic carbocycles. The summed E-state index contributed by atoms with van der Waals surface area (Å²) in [5.41, 5.74) is 4.04. The molecule has 1 amide bonds.